The van der Waals surface area contributed by atoms with Crippen LogP contribution in [0.5, 0.6) is 5.75 Å². The van der Waals surface area contributed by atoms with Crippen molar-refractivity contribution in [1.29, 1.82) is 0 Å². The van der Waals surface area contributed by atoms with E-state index in [0.717, 1.165) is 6.42 Å². The molecule has 0 bridgehead atoms. The van der Waals surface area contributed by atoms with Gasteiger partial charge >= 0.3 is 12.1 Å². The van der Waals surface area contributed by atoms with Crippen molar-refractivity contribution >= 4 is 21.9 Å². The maximum Gasteiger partial charge on any atom is 0.490 e. The molecule has 1 N–H and O–H groups in total. The smallest absolute Gasteiger partial charge is 0.487 e. The van der Waals surface area contributed by atoms with Crippen LogP contribution in [0.25, 0.3) is 0 Å². The third kappa shape index (κ3) is 7.81. The van der Waals surface area contributed by atoms with Crippen LogP contribution in [0.1, 0.15) is 33.1 Å². The van der Waals surface area contributed by atoms with E-state index in [-0.39, 0.29) is 22.9 Å². The number of aliphatic carboxylic acids is 1. The highest BCUT2D eigenvalue weighted by molar-refractivity contribution is 7.89. The zero-order chi connectivity index (χ0) is 27.3. The molecular formula is C23H34F3N3O6S. The van der Waals surface area contributed by atoms with Crippen molar-refractivity contribution in [3.8, 4) is 5.75 Å². The highest BCUT2D eigenvalue weighted by atomic mass is 32.2. The van der Waals surface area contributed by atoms with Crippen LogP contribution in [0.4, 0.5) is 13.2 Å². The Labute approximate surface area is 209 Å². The summed E-state index contributed by atoms with van der Waals surface area (Å²) in [6.45, 7) is 6.14. The minimum atomic E-state index is -5.08. The third-order valence-electron chi connectivity index (χ3n) is 5.87. The van der Waals surface area contributed by atoms with E-state index < -0.39 is 22.2 Å². The number of alkyl halides is 3. The second-order valence-corrected chi connectivity index (χ2v) is 11.3. The minimum Gasteiger partial charge on any atom is -0.487 e. The summed E-state index contributed by atoms with van der Waals surface area (Å²) in [5.74, 6) is -1.87. The highest BCUT2D eigenvalue weighted by Gasteiger charge is 2.43. The van der Waals surface area contributed by atoms with E-state index in [1.165, 1.54) is 0 Å². The summed E-state index contributed by atoms with van der Waals surface area (Å²) in [5.41, 5.74) is 0. The van der Waals surface area contributed by atoms with Gasteiger partial charge in [-0.3, -0.25) is 4.79 Å². The first kappa shape index (κ1) is 29.8. The molecule has 13 heteroatoms. The van der Waals surface area contributed by atoms with Gasteiger partial charge in [-0.1, -0.05) is 26.0 Å². The highest BCUT2D eigenvalue weighted by Crippen LogP contribution is 2.36. The molecule has 36 heavy (non-hydrogen) atoms. The number of carbonyl (C=O) groups excluding carboxylic acids is 1. The van der Waals surface area contributed by atoms with E-state index in [1.807, 2.05) is 23.9 Å². The number of carboxylic acid groups (broad SMARTS) is 1. The molecule has 2 aliphatic rings. The third-order valence-corrected chi connectivity index (χ3v) is 7.83. The minimum absolute atomic E-state index is 0.0726. The Kier molecular flexibility index (Phi) is 10.1. The first-order valence-corrected chi connectivity index (χ1v) is 13.1. The Morgan fingerprint density at radius 1 is 1.17 bits per heavy atom. The fourth-order valence-electron chi connectivity index (χ4n) is 4.05. The molecule has 1 aromatic carbocycles. The SMILES string of the molecule is CC(C)CCN1[C@H]2CCN(C(=O)CN(C)C)CC[C@@H]2Oc2ccccc2S1(=O)=O.O=C(O)C(F)(F)F. The molecule has 2 heterocycles. The summed E-state index contributed by atoms with van der Waals surface area (Å²) in [4.78, 5) is 25.4. The Morgan fingerprint density at radius 3 is 2.31 bits per heavy atom. The fourth-order valence-corrected chi connectivity index (χ4v) is 5.86. The van der Waals surface area contributed by atoms with E-state index in [0.29, 0.717) is 50.7 Å². The summed E-state index contributed by atoms with van der Waals surface area (Å²) < 4.78 is 66.7. The van der Waals surface area contributed by atoms with Crippen molar-refractivity contribution in [2.45, 2.75) is 56.3 Å². The largest absolute Gasteiger partial charge is 0.490 e. The van der Waals surface area contributed by atoms with Gasteiger partial charge in [0.1, 0.15) is 16.7 Å². The number of ether oxygens (including phenoxy) is 1. The van der Waals surface area contributed by atoms with Gasteiger partial charge in [-0.2, -0.15) is 17.5 Å². The molecule has 1 saturated heterocycles. The molecule has 1 amide bonds. The van der Waals surface area contributed by atoms with Gasteiger partial charge in [0.05, 0.1) is 12.6 Å². The number of benzene rings is 1. The monoisotopic (exact) mass is 537 g/mol. The van der Waals surface area contributed by atoms with Crippen LogP contribution in [0.3, 0.4) is 0 Å². The van der Waals surface area contributed by atoms with Crippen molar-refractivity contribution in [3.63, 3.8) is 0 Å². The first-order chi connectivity index (χ1) is 16.6. The molecular weight excluding hydrogens is 503 g/mol. The number of nitrogens with zero attached hydrogens (tertiary/aromatic N) is 3. The van der Waals surface area contributed by atoms with Gasteiger partial charge in [0.25, 0.3) is 0 Å². The number of rotatable bonds is 5. The molecule has 0 radical (unpaired) electrons. The quantitative estimate of drug-likeness (QED) is 0.615. The van der Waals surface area contributed by atoms with Gasteiger partial charge in [-0.25, -0.2) is 13.2 Å². The van der Waals surface area contributed by atoms with Gasteiger partial charge in [0.2, 0.25) is 15.9 Å². The van der Waals surface area contributed by atoms with Crippen molar-refractivity contribution in [1.82, 2.24) is 14.1 Å². The van der Waals surface area contributed by atoms with Crippen LogP contribution in [-0.4, -0.2) is 98.1 Å². The van der Waals surface area contributed by atoms with Crippen LogP contribution < -0.4 is 4.74 Å². The molecule has 0 aliphatic carbocycles. The number of carbonyl (C=O) groups is 2. The van der Waals surface area contributed by atoms with Gasteiger partial charge in [0.15, 0.2) is 0 Å². The van der Waals surface area contributed by atoms with Crippen LogP contribution in [0.2, 0.25) is 0 Å². The number of fused-ring (bicyclic) bond motifs is 2. The molecule has 0 spiro atoms. The van der Waals surface area contributed by atoms with Crippen molar-refractivity contribution in [2.75, 3.05) is 40.3 Å². The molecule has 0 unspecified atom stereocenters. The van der Waals surface area contributed by atoms with Crippen molar-refractivity contribution < 1.29 is 41.0 Å². The average Bonchev–Trinajstić information content (AvgIpc) is 3.00. The van der Waals surface area contributed by atoms with E-state index in [4.69, 9.17) is 14.6 Å². The lowest BCUT2D eigenvalue weighted by atomic mass is 10.0. The zero-order valence-corrected chi connectivity index (χ0v) is 21.7. The van der Waals surface area contributed by atoms with Crippen molar-refractivity contribution in [2.24, 2.45) is 5.92 Å². The first-order valence-electron chi connectivity index (χ1n) is 11.6. The number of halogens is 3. The maximum atomic E-state index is 13.5. The zero-order valence-electron chi connectivity index (χ0n) is 20.9. The molecule has 1 fully saturated rings. The summed E-state index contributed by atoms with van der Waals surface area (Å²) in [5, 5.41) is 7.12. The molecule has 1 aromatic rings. The fraction of sp³-hybridized carbons (Fsp3) is 0.652. The van der Waals surface area contributed by atoms with E-state index in [1.54, 1.807) is 28.6 Å². The molecule has 204 valence electrons. The van der Waals surface area contributed by atoms with Crippen molar-refractivity contribution in [3.05, 3.63) is 24.3 Å². The second kappa shape index (κ2) is 12.2. The van der Waals surface area contributed by atoms with Crippen LogP contribution in [-0.2, 0) is 19.6 Å². The molecule has 0 saturated carbocycles. The lowest BCUT2D eigenvalue weighted by Gasteiger charge is -2.32. The Bertz CT molecular complexity index is 1020. The summed E-state index contributed by atoms with van der Waals surface area (Å²) in [6.07, 6.45) is -3.37. The molecule has 0 aromatic heterocycles. The number of para-hydroxylation sites is 1. The van der Waals surface area contributed by atoms with Gasteiger partial charge in [0, 0.05) is 26.1 Å². The summed E-state index contributed by atoms with van der Waals surface area (Å²) >= 11 is 0. The van der Waals surface area contributed by atoms with Crippen LogP contribution in [0, 0.1) is 5.92 Å². The van der Waals surface area contributed by atoms with E-state index in [9.17, 15) is 26.4 Å². The second-order valence-electron chi connectivity index (χ2n) is 9.47. The molecule has 2 atom stereocenters. The number of sulfonamides is 1. The average molecular weight is 538 g/mol. The lowest BCUT2D eigenvalue weighted by molar-refractivity contribution is -0.192. The topological polar surface area (TPSA) is 107 Å². The Morgan fingerprint density at radius 2 is 1.75 bits per heavy atom. The number of carboxylic acids is 1. The van der Waals surface area contributed by atoms with Gasteiger partial charge in [-0.05, 0) is 45.0 Å². The molecule has 2 aliphatic heterocycles. The number of hydrogen-bond acceptors (Lipinski definition) is 6. The number of likely N-dealkylation sites (N-methyl/N-ethyl adjacent to an activating group) is 1. The number of likely N-dealkylation sites (tertiary alicyclic amines) is 1. The Balaban J connectivity index is 0.000000572. The number of hydrogen-bond donors (Lipinski definition) is 1. The standard InChI is InChI=1S/C21H33N3O4S.C2HF3O2/c1-16(2)9-14-24-17-10-12-23(21(25)15-22(3)4)13-11-18(17)28-19-7-5-6-8-20(19)29(24,26)27;3-2(4,5)1(6)7/h5-8,16-18H,9-15H2,1-4H3;(H,6,7)/t17-,18-;/m0./s1. The molecule has 3 rings (SSSR count). The predicted molar refractivity (Wildman–Crippen MR) is 126 cm³/mol. The van der Waals surface area contributed by atoms with Gasteiger partial charge < -0.3 is 19.6 Å². The van der Waals surface area contributed by atoms with Gasteiger partial charge in [-0.15, -0.1) is 0 Å². The van der Waals surface area contributed by atoms with Crippen LogP contribution >= 0.6 is 0 Å². The maximum absolute atomic E-state index is 13.5. The summed E-state index contributed by atoms with van der Waals surface area (Å²) in [6, 6.07) is 6.63. The van der Waals surface area contributed by atoms with E-state index in [2.05, 4.69) is 13.8 Å². The summed E-state index contributed by atoms with van der Waals surface area (Å²) in [7, 11) is 0.0882. The Hall–Kier alpha value is -2.38. The number of amides is 1. The lowest BCUT2D eigenvalue weighted by Crippen LogP contribution is -2.47. The normalized spacial score (nSPS) is 21.9. The van der Waals surface area contributed by atoms with E-state index >= 15 is 0 Å². The molecule has 9 nitrogen and oxygen atoms in total. The van der Waals surface area contributed by atoms with Crippen LogP contribution in [0.15, 0.2) is 29.2 Å². The predicted octanol–water partition coefficient (Wildman–Crippen LogP) is 2.67.